The smallest absolute Gasteiger partial charge is 0.0135 e. The maximum atomic E-state index is 5.96. The van der Waals surface area contributed by atoms with Crippen LogP contribution in [0.25, 0.3) is 0 Å². The van der Waals surface area contributed by atoms with E-state index < -0.39 is 0 Å². The number of rotatable bonds is 8. The molecule has 2 N–H and O–H groups in total. The summed E-state index contributed by atoms with van der Waals surface area (Å²) in [4.78, 5) is 2.75. The van der Waals surface area contributed by atoms with Gasteiger partial charge in [-0.3, -0.25) is 0 Å². The summed E-state index contributed by atoms with van der Waals surface area (Å²) >= 11 is 0. The van der Waals surface area contributed by atoms with Gasteiger partial charge in [0.2, 0.25) is 0 Å². The minimum absolute atomic E-state index is 0.762. The minimum Gasteiger partial charge on any atom is -0.330 e. The summed E-state index contributed by atoms with van der Waals surface area (Å²) < 4.78 is 0. The predicted molar refractivity (Wildman–Crippen MR) is 76.2 cm³/mol. The van der Waals surface area contributed by atoms with E-state index in [2.05, 4.69) is 18.7 Å². The lowest BCUT2D eigenvalue weighted by molar-refractivity contribution is 0.104. The van der Waals surface area contributed by atoms with Gasteiger partial charge in [-0.1, -0.05) is 39.5 Å². The highest BCUT2D eigenvalue weighted by Gasteiger charge is 2.28. The molecule has 1 aliphatic carbocycles. The van der Waals surface area contributed by atoms with Crippen LogP contribution in [0.2, 0.25) is 0 Å². The van der Waals surface area contributed by atoms with E-state index in [0.29, 0.717) is 0 Å². The molecule has 2 unspecified atom stereocenters. The van der Waals surface area contributed by atoms with E-state index in [1.807, 2.05) is 0 Å². The normalized spacial score (nSPS) is 25.4. The van der Waals surface area contributed by atoms with Crippen LogP contribution in [0, 0.1) is 5.92 Å². The molecule has 2 atom stereocenters. The van der Waals surface area contributed by atoms with Gasteiger partial charge in [0.15, 0.2) is 0 Å². The molecule has 102 valence electrons. The zero-order chi connectivity index (χ0) is 12.5. The van der Waals surface area contributed by atoms with E-state index in [1.165, 1.54) is 64.5 Å². The van der Waals surface area contributed by atoms with Gasteiger partial charge in [0.05, 0.1) is 0 Å². The van der Waals surface area contributed by atoms with Crippen LogP contribution >= 0.6 is 0 Å². The van der Waals surface area contributed by atoms with Crippen molar-refractivity contribution in [2.45, 2.75) is 71.3 Å². The molecular formula is C15H32N2. The second kappa shape index (κ2) is 8.93. The van der Waals surface area contributed by atoms with E-state index >= 15 is 0 Å². The molecule has 2 heteroatoms. The molecule has 0 heterocycles. The zero-order valence-corrected chi connectivity index (χ0v) is 12.0. The van der Waals surface area contributed by atoms with Crippen molar-refractivity contribution in [2.24, 2.45) is 11.7 Å². The van der Waals surface area contributed by atoms with Crippen molar-refractivity contribution in [2.75, 3.05) is 19.6 Å². The van der Waals surface area contributed by atoms with Gasteiger partial charge in [-0.25, -0.2) is 0 Å². The SMILES string of the molecule is CCCCN(CCCC)C1CCCCC1CN. The number of nitrogens with zero attached hydrogens (tertiary/aromatic N) is 1. The lowest BCUT2D eigenvalue weighted by Gasteiger charge is -2.40. The summed E-state index contributed by atoms with van der Waals surface area (Å²) in [6.45, 7) is 8.05. The minimum atomic E-state index is 0.762. The average molecular weight is 240 g/mol. The highest BCUT2D eigenvalue weighted by molar-refractivity contribution is 4.84. The molecule has 0 aliphatic heterocycles. The number of hydrogen-bond donors (Lipinski definition) is 1. The second-order valence-corrected chi connectivity index (χ2v) is 5.59. The fourth-order valence-corrected chi connectivity index (χ4v) is 3.11. The topological polar surface area (TPSA) is 29.3 Å². The molecule has 17 heavy (non-hydrogen) atoms. The third kappa shape index (κ3) is 4.97. The summed E-state index contributed by atoms with van der Waals surface area (Å²) in [5.41, 5.74) is 5.96. The quantitative estimate of drug-likeness (QED) is 0.704. The molecule has 2 nitrogen and oxygen atoms in total. The Bertz CT molecular complexity index is 174. The van der Waals surface area contributed by atoms with Crippen LogP contribution in [0.1, 0.15) is 65.2 Å². The standard InChI is InChI=1S/C15H32N2/c1-3-5-11-17(12-6-4-2)15-10-8-7-9-14(15)13-16/h14-15H,3-13,16H2,1-2H3. The van der Waals surface area contributed by atoms with Gasteiger partial charge >= 0.3 is 0 Å². The van der Waals surface area contributed by atoms with Crippen LogP contribution in [0.4, 0.5) is 0 Å². The molecule has 0 aromatic carbocycles. The maximum absolute atomic E-state index is 5.96. The number of unbranched alkanes of at least 4 members (excludes halogenated alkanes) is 2. The van der Waals surface area contributed by atoms with E-state index in [0.717, 1.165) is 18.5 Å². The van der Waals surface area contributed by atoms with Gasteiger partial charge in [-0.05, 0) is 51.2 Å². The van der Waals surface area contributed by atoms with Gasteiger partial charge < -0.3 is 10.6 Å². The molecule has 0 aromatic heterocycles. The molecule has 1 saturated carbocycles. The van der Waals surface area contributed by atoms with Crippen molar-refractivity contribution in [1.82, 2.24) is 4.90 Å². The van der Waals surface area contributed by atoms with Crippen molar-refractivity contribution in [3.63, 3.8) is 0 Å². The lowest BCUT2D eigenvalue weighted by Crippen LogP contribution is -2.45. The third-order valence-corrected chi connectivity index (χ3v) is 4.24. The molecule has 0 bridgehead atoms. The Labute approximate surface area is 108 Å². The first-order chi connectivity index (χ1) is 8.33. The highest BCUT2D eigenvalue weighted by Crippen LogP contribution is 2.28. The van der Waals surface area contributed by atoms with Crippen LogP contribution in [0.5, 0.6) is 0 Å². The Morgan fingerprint density at radius 1 is 1.00 bits per heavy atom. The molecule has 0 saturated heterocycles. The summed E-state index contributed by atoms with van der Waals surface area (Å²) in [6, 6.07) is 0.784. The van der Waals surface area contributed by atoms with Crippen LogP contribution in [-0.4, -0.2) is 30.6 Å². The fourth-order valence-electron chi connectivity index (χ4n) is 3.11. The molecule has 0 amide bonds. The fraction of sp³-hybridized carbons (Fsp3) is 1.00. The first-order valence-electron chi connectivity index (χ1n) is 7.77. The van der Waals surface area contributed by atoms with E-state index in [-0.39, 0.29) is 0 Å². The van der Waals surface area contributed by atoms with Crippen molar-refractivity contribution < 1.29 is 0 Å². The first kappa shape index (κ1) is 15.0. The van der Waals surface area contributed by atoms with Gasteiger partial charge in [0, 0.05) is 6.04 Å². The molecule has 0 aromatic rings. The van der Waals surface area contributed by atoms with Crippen molar-refractivity contribution >= 4 is 0 Å². The molecule has 1 aliphatic rings. The Kier molecular flexibility index (Phi) is 7.87. The molecule has 0 spiro atoms. The van der Waals surface area contributed by atoms with Gasteiger partial charge in [-0.15, -0.1) is 0 Å². The first-order valence-corrected chi connectivity index (χ1v) is 7.77. The Morgan fingerprint density at radius 3 is 2.12 bits per heavy atom. The van der Waals surface area contributed by atoms with E-state index in [4.69, 9.17) is 5.73 Å². The van der Waals surface area contributed by atoms with Crippen LogP contribution in [-0.2, 0) is 0 Å². The summed E-state index contributed by atoms with van der Waals surface area (Å²) in [6.07, 6.45) is 10.9. The molecule has 1 rings (SSSR count). The maximum Gasteiger partial charge on any atom is 0.0135 e. The summed E-state index contributed by atoms with van der Waals surface area (Å²) in [7, 11) is 0. The Morgan fingerprint density at radius 2 is 1.59 bits per heavy atom. The van der Waals surface area contributed by atoms with Gasteiger partial charge in [0.1, 0.15) is 0 Å². The third-order valence-electron chi connectivity index (χ3n) is 4.24. The summed E-state index contributed by atoms with van der Waals surface area (Å²) in [5.74, 6) is 0.762. The van der Waals surface area contributed by atoms with Crippen molar-refractivity contribution in [3.05, 3.63) is 0 Å². The van der Waals surface area contributed by atoms with Crippen molar-refractivity contribution in [1.29, 1.82) is 0 Å². The molecular weight excluding hydrogens is 208 g/mol. The lowest BCUT2D eigenvalue weighted by atomic mass is 9.83. The second-order valence-electron chi connectivity index (χ2n) is 5.59. The zero-order valence-electron chi connectivity index (χ0n) is 12.0. The summed E-state index contributed by atoms with van der Waals surface area (Å²) in [5, 5.41) is 0. The largest absolute Gasteiger partial charge is 0.330 e. The predicted octanol–water partition coefficient (Wildman–Crippen LogP) is 3.41. The van der Waals surface area contributed by atoms with E-state index in [9.17, 15) is 0 Å². The molecule has 1 fully saturated rings. The van der Waals surface area contributed by atoms with Gasteiger partial charge in [0.25, 0.3) is 0 Å². The monoisotopic (exact) mass is 240 g/mol. The van der Waals surface area contributed by atoms with E-state index in [1.54, 1.807) is 0 Å². The van der Waals surface area contributed by atoms with Crippen molar-refractivity contribution in [3.8, 4) is 0 Å². The number of hydrogen-bond acceptors (Lipinski definition) is 2. The number of nitrogens with two attached hydrogens (primary N) is 1. The van der Waals surface area contributed by atoms with Crippen LogP contribution < -0.4 is 5.73 Å². The van der Waals surface area contributed by atoms with Crippen LogP contribution in [0.3, 0.4) is 0 Å². The average Bonchev–Trinajstić information content (AvgIpc) is 2.39. The van der Waals surface area contributed by atoms with Gasteiger partial charge in [-0.2, -0.15) is 0 Å². The highest BCUT2D eigenvalue weighted by atomic mass is 15.2. The Balaban J connectivity index is 2.51. The Hall–Kier alpha value is -0.0800. The van der Waals surface area contributed by atoms with Crippen LogP contribution in [0.15, 0.2) is 0 Å². The molecule has 0 radical (unpaired) electrons.